The molecule has 1 heterocycles. The van der Waals surface area contributed by atoms with Gasteiger partial charge in [0.05, 0.1) is 0 Å². The fourth-order valence-electron chi connectivity index (χ4n) is 2.09. The van der Waals surface area contributed by atoms with Gasteiger partial charge in [-0.1, -0.05) is 48.5 Å². The van der Waals surface area contributed by atoms with Crippen LogP contribution in [0.2, 0.25) is 0 Å². The van der Waals surface area contributed by atoms with Gasteiger partial charge in [-0.2, -0.15) is 0 Å². The van der Waals surface area contributed by atoms with Crippen molar-refractivity contribution in [2.24, 2.45) is 0 Å². The fraction of sp³-hybridized carbons (Fsp3) is 0.125. The van der Waals surface area contributed by atoms with Crippen LogP contribution in [0.1, 0.15) is 5.56 Å². The quantitative estimate of drug-likeness (QED) is 0.682. The summed E-state index contributed by atoms with van der Waals surface area (Å²) in [5, 5.41) is 1.15. The van der Waals surface area contributed by atoms with Crippen LogP contribution in [0.25, 0.3) is 11.0 Å². The first-order chi connectivity index (χ1) is 8.83. The Morgan fingerprint density at radius 2 is 1.67 bits per heavy atom. The van der Waals surface area contributed by atoms with E-state index in [1.807, 2.05) is 31.3 Å². The topological polar surface area (TPSA) is 16.4 Å². The van der Waals surface area contributed by atoms with Gasteiger partial charge < -0.3 is 9.32 Å². The predicted molar refractivity (Wildman–Crippen MR) is 74.8 cm³/mol. The van der Waals surface area contributed by atoms with Crippen molar-refractivity contribution in [3.05, 3.63) is 66.2 Å². The van der Waals surface area contributed by atoms with E-state index >= 15 is 0 Å². The van der Waals surface area contributed by atoms with Crippen molar-refractivity contribution >= 4 is 16.9 Å². The minimum atomic E-state index is 0.848. The van der Waals surface area contributed by atoms with E-state index in [1.54, 1.807) is 0 Å². The van der Waals surface area contributed by atoms with Crippen LogP contribution < -0.4 is 4.90 Å². The highest BCUT2D eigenvalue weighted by Gasteiger charge is 2.07. The molecule has 0 saturated carbocycles. The third kappa shape index (κ3) is 2.09. The van der Waals surface area contributed by atoms with Crippen LogP contribution in [0.3, 0.4) is 0 Å². The first-order valence-electron chi connectivity index (χ1n) is 6.06. The summed E-state index contributed by atoms with van der Waals surface area (Å²) in [6.07, 6.45) is 0. The van der Waals surface area contributed by atoms with Crippen molar-refractivity contribution in [2.75, 3.05) is 11.9 Å². The summed E-state index contributed by atoms with van der Waals surface area (Å²) < 4.78 is 5.83. The Kier molecular flexibility index (Phi) is 2.77. The van der Waals surface area contributed by atoms with Crippen molar-refractivity contribution in [3.63, 3.8) is 0 Å². The summed E-state index contributed by atoms with van der Waals surface area (Å²) in [7, 11) is 2.05. The largest absolute Gasteiger partial charge is 0.441 e. The van der Waals surface area contributed by atoms with Gasteiger partial charge in [0.15, 0.2) is 5.88 Å². The van der Waals surface area contributed by atoms with Crippen molar-refractivity contribution < 1.29 is 4.42 Å². The number of para-hydroxylation sites is 1. The highest BCUT2D eigenvalue weighted by atomic mass is 16.4. The smallest absolute Gasteiger partial charge is 0.196 e. The number of hydrogen-bond donors (Lipinski definition) is 0. The number of fused-ring (bicyclic) bond motifs is 1. The molecule has 3 rings (SSSR count). The second-order valence-electron chi connectivity index (χ2n) is 4.46. The van der Waals surface area contributed by atoms with E-state index in [9.17, 15) is 0 Å². The zero-order valence-electron chi connectivity index (χ0n) is 10.3. The van der Waals surface area contributed by atoms with Crippen LogP contribution in [0.15, 0.2) is 65.1 Å². The molecule has 1 aromatic heterocycles. The molecule has 90 valence electrons. The molecule has 0 aliphatic rings. The first kappa shape index (κ1) is 10.9. The van der Waals surface area contributed by atoms with Gasteiger partial charge in [-0.15, -0.1) is 0 Å². The Hall–Kier alpha value is -2.22. The Morgan fingerprint density at radius 3 is 2.44 bits per heavy atom. The monoisotopic (exact) mass is 237 g/mol. The van der Waals surface area contributed by atoms with Crippen LogP contribution in [-0.2, 0) is 6.54 Å². The van der Waals surface area contributed by atoms with Crippen LogP contribution >= 0.6 is 0 Å². The van der Waals surface area contributed by atoms with E-state index in [1.165, 1.54) is 5.56 Å². The van der Waals surface area contributed by atoms with Crippen molar-refractivity contribution in [2.45, 2.75) is 6.54 Å². The average molecular weight is 237 g/mol. The van der Waals surface area contributed by atoms with Crippen LogP contribution in [0.5, 0.6) is 0 Å². The van der Waals surface area contributed by atoms with Crippen LogP contribution in [-0.4, -0.2) is 7.05 Å². The molecule has 18 heavy (non-hydrogen) atoms. The molecule has 0 radical (unpaired) electrons. The van der Waals surface area contributed by atoms with Gasteiger partial charge in [-0.3, -0.25) is 0 Å². The molecule has 0 aliphatic carbocycles. The summed E-state index contributed by atoms with van der Waals surface area (Å²) in [4.78, 5) is 2.12. The molecule has 0 saturated heterocycles. The lowest BCUT2D eigenvalue weighted by atomic mass is 10.2. The first-order valence-corrected chi connectivity index (χ1v) is 6.06. The standard InChI is InChI=1S/C16H15NO/c1-17(12-13-7-3-2-4-8-13)16-11-14-9-5-6-10-15(14)18-16/h2-11H,12H2,1H3. The molecule has 0 amide bonds. The van der Waals surface area contributed by atoms with Crippen molar-refractivity contribution in [1.29, 1.82) is 0 Å². The zero-order valence-corrected chi connectivity index (χ0v) is 10.3. The maximum absolute atomic E-state index is 5.83. The third-order valence-electron chi connectivity index (χ3n) is 3.05. The molecule has 0 spiro atoms. The molecule has 0 bridgehead atoms. The molecule has 0 fully saturated rings. The zero-order chi connectivity index (χ0) is 12.4. The minimum Gasteiger partial charge on any atom is -0.441 e. The van der Waals surface area contributed by atoms with Crippen molar-refractivity contribution in [1.82, 2.24) is 0 Å². The summed E-state index contributed by atoms with van der Waals surface area (Å²) in [6, 6.07) is 20.6. The number of rotatable bonds is 3. The molecule has 0 aliphatic heterocycles. The van der Waals surface area contributed by atoms with Gasteiger partial charge in [-0.05, 0) is 11.6 Å². The summed E-state index contributed by atoms with van der Waals surface area (Å²) >= 11 is 0. The van der Waals surface area contributed by atoms with Gasteiger partial charge in [-0.25, -0.2) is 0 Å². The highest BCUT2D eigenvalue weighted by molar-refractivity contribution is 5.80. The molecule has 2 nitrogen and oxygen atoms in total. The second-order valence-corrected chi connectivity index (χ2v) is 4.46. The lowest BCUT2D eigenvalue weighted by Crippen LogP contribution is -2.15. The summed E-state index contributed by atoms with van der Waals surface area (Å²) in [6.45, 7) is 0.848. The van der Waals surface area contributed by atoms with E-state index in [-0.39, 0.29) is 0 Å². The van der Waals surface area contributed by atoms with Gasteiger partial charge in [0.25, 0.3) is 0 Å². The molecule has 0 N–H and O–H groups in total. The van der Waals surface area contributed by atoms with E-state index in [0.29, 0.717) is 0 Å². The van der Waals surface area contributed by atoms with Gasteiger partial charge in [0.2, 0.25) is 0 Å². The van der Waals surface area contributed by atoms with E-state index in [4.69, 9.17) is 4.42 Å². The number of hydrogen-bond acceptors (Lipinski definition) is 2. The maximum Gasteiger partial charge on any atom is 0.196 e. The SMILES string of the molecule is CN(Cc1ccccc1)c1cc2ccccc2o1. The number of nitrogens with zero attached hydrogens (tertiary/aromatic N) is 1. The van der Waals surface area contributed by atoms with Crippen LogP contribution in [0.4, 0.5) is 5.88 Å². The number of benzene rings is 2. The normalized spacial score (nSPS) is 10.7. The van der Waals surface area contributed by atoms with E-state index < -0.39 is 0 Å². The highest BCUT2D eigenvalue weighted by Crippen LogP contribution is 2.25. The molecule has 0 atom stereocenters. The lowest BCUT2D eigenvalue weighted by Gasteiger charge is -2.15. The molecule has 2 aromatic carbocycles. The number of furan rings is 1. The number of anilines is 1. The Morgan fingerprint density at radius 1 is 0.944 bits per heavy atom. The van der Waals surface area contributed by atoms with E-state index in [2.05, 4.69) is 41.3 Å². The van der Waals surface area contributed by atoms with Gasteiger partial charge in [0.1, 0.15) is 5.58 Å². The fourth-order valence-corrected chi connectivity index (χ4v) is 2.09. The van der Waals surface area contributed by atoms with Gasteiger partial charge in [0, 0.05) is 25.0 Å². The molecule has 3 aromatic rings. The molecular formula is C16H15NO. The summed E-state index contributed by atoms with van der Waals surface area (Å²) in [5.74, 6) is 0.903. The van der Waals surface area contributed by atoms with Crippen LogP contribution in [0, 0.1) is 0 Å². The molecule has 2 heteroatoms. The van der Waals surface area contributed by atoms with Gasteiger partial charge >= 0.3 is 0 Å². The second kappa shape index (κ2) is 4.57. The maximum atomic E-state index is 5.83. The molecular weight excluding hydrogens is 222 g/mol. The third-order valence-corrected chi connectivity index (χ3v) is 3.05. The van der Waals surface area contributed by atoms with Crippen molar-refractivity contribution in [3.8, 4) is 0 Å². The minimum absolute atomic E-state index is 0.848. The molecule has 0 unspecified atom stereocenters. The van der Waals surface area contributed by atoms with E-state index in [0.717, 1.165) is 23.4 Å². The summed E-state index contributed by atoms with van der Waals surface area (Å²) in [5.41, 5.74) is 2.22. The lowest BCUT2D eigenvalue weighted by molar-refractivity contribution is 0.596. The Bertz CT molecular complexity index is 609. The average Bonchev–Trinajstić information content (AvgIpc) is 2.84. The Labute approximate surface area is 106 Å². The Balaban J connectivity index is 1.86. The predicted octanol–water partition coefficient (Wildman–Crippen LogP) is 4.07.